The zero-order valence-corrected chi connectivity index (χ0v) is 15.0. The Morgan fingerprint density at radius 2 is 1.46 bits per heavy atom. The van der Waals surface area contributed by atoms with Crippen LogP contribution in [0.5, 0.6) is 0 Å². The normalized spacial score (nSPS) is 10.6. The Balaban J connectivity index is 1.68. The Morgan fingerprint density at radius 3 is 2.11 bits per heavy atom. The molecule has 1 aromatic heterocycles. The van der Waals surface area contributed by atoms with Crippen LogP contribution in [-0.2, 0) is 11.2 Å². The molecular weight excluding hydrogens is 353 g/mol. The zero-order valence-electron chi connectivity index (χ0n) is 15.0. The molecule has 5 heteroatoms. The summed E-state index contributed by atoms with van der Waals surface area (Å²) < 4.78 is 13.1. The van der Waals surface area contributed by atoms with E-state index in [0.29, 0.717) is 11.4 Å². The van der Waals surface area contributed by atoms with Gasteiger partial charge in [-0.1, -0.05) is 72.8 Å². The van der Waals surface area contributed by atoms with Crippen LogP contribution in [0.4, 0.5) is 10.1 Å². The van der Waals surface area contributed by atoms with Gasteiger partial charge >= 0.3 is 0 Å². The van der Waals surface area contributed by atoms with Crippen molar-refractivity contribution in [1.29, 1.82) is 0 Å². The van der Waals surface area contributed by atoms with Gasteiger partial charge in [0.1, 0.15) is 11.5 Å². The molecule has 0 spiro atoms. The van der Waals surface area contributed by atoms with Crippen LogP contribution in [-0.4, -0.2) is 16.1 Å². The molecule has 0 atom stereocenters. The van der Waals surface area contributed by atoms with Crippen molar-refractivity contribution >= 4 is 11.6 Å². The second-order valence-corrected chi connectivity index (χ2v) is 6.41. The molecule has 0 fully saturated rings. The first-order valence-corrected chi connectivity index (χ1v) is 8.94. The summed E-state index contributed by atoms with van der Waals surface area (Å²) in [6.45, 7) is 0. The fourth-order valence-electron chi connectivity index (χ4n) is 3.05. The van der Waals surface area contributed by atoms with Gasteiger partial charge in [-0.05, 0) is 17.7 Å². The van der Waals surface area contributed by atoms with Gasteiger partial charge in [0.25, 0.3) is 0 Å². The average molecular weight is 371 g/mol. The van der Waals surface area contributed by atoms with Crippen LogP contribution in [0.2, 0.25) is 0 Å². The van der Waals surface area contributed by atoms with E-state index >= 15 is 0 Å². The third kappa shape index (κ3) is 3.83. The first-order chi connectivity index (χ1) is 13.7. The van der Waals surface area contributed by atoms with Crippen LogP contribution in [0, 0.1) is 5.82 Å². The molecule has 3 aromatic carbocycles. The van der Waals surface area contributed by atoms with Crippen molar-refractivity contribution in [2.75, 3.05) is 5.32 Å². The number of amides is 1. The fraction of sp³-hybridized carbons (Fsp3) is 0.0435. The van der Waals surface area contributed by atoms with Crippen molar-refractivity contribution in [1.82, 2.24) is 10.2 Å². The highest BCUT2D eigenvalue weighted by Crippen LogP contribution is 2.34. The molecule has 0 saturated carbocycles. The summed E-state index contributed by atoms with van der Waals surface area (Å²) >= 11 is 0. The van der Waals surface area contributed by atoms with E-state index in [2.05, 4.69) is 15.5 Å². The lowest BCUT2D eigenvalue weighted by atomic mass is 10.1. The maximum Gasteiger partial charge on any atom is 0.228 e. The molecule has 1 amide bonds. The van der Waals surface area contributed by atoms with Crippen LogP contribution in [0.1, 0.15) is 5.56 Å². The summed E-state index contributed by atoms with van der Waals surface area (Å²) in [6.07, 6.45) is 0.147. The van der Waals surface area contributed by atoms with Gasteiger partial charge in [0.15, 0.2) is 0 Å². The topological polar surface area (TPSA) is 57.8 Å². The number of aromatic amines is 1. The monoisotopic (exact) mass is 371 g/mol. The van der Waals surface area contributed by atoms with Crippen molar-refractivity contribution < 1.29 is 9.18 Å². The first-order valence-electron chi connectivity index (χ1n) is 8.94. The summed E-state index contributed by atoms with van der Waals surface area (Å²) in [5, 5.41) is 10.5. The molecule has 0 aliphatic heterocycles. The van der Waals surface area contributed by atoms with Crippen LogP contribution in [0.3, 0.4) is 0 Å². The van der Waals surface area contributed by atoms with Crippen molar-refractivity contribution in [2.24, 2.45) is 0 Å². The number of nitrogens with zero attached hydrogens (tertiary/aromatic N) is 1. The Hall–Kier alpha value is -3.73. The van der Waals surface area contributed by atoms with Crippen molar-refractivity contribution in [3.05, 3.63) is 96.3 Å². The second-order valence-electron chi connectivity index (χ2n) is 6.41. The second kappa shape index (κ2) is 7.88. The molecule has 138 valence electrons. The summed E-state index contributed by atoms with van der Waals surface area (Å²) in [6, 6.07) is 25.3. The summed E-state index contributed by atoms with van der Waals surface area (Å²) in [5.74, 6) is -0.515. The van der Waals surface area contributed by atoms with E-state index in [1.807, 2.05) is 60.7 Å². The maximum atomic E-state index is 13.1. The van der Waals surface area contributed by atoms with Gasteiger partial charge in [-0.3, -0.25) is 9.89 Å². The smallest absolute Gasteiger partial charge is 0.228 e. The van der Waals surface area contributed by atoms with Crippen LogP contribution >= 0.6 is 0 Å². The van der Waals surface area contributed by atoms with E-state index in [-0.39, 0.29) is 18.1 Å². The lowest BCUT2D eigenvalue weighted by Gasteiger charge is -2.09. The molecule has 1 heterocycles. The van der Waals surface area contributed by atoms with Gasteiger partial charge in [-0.2, -0.15) is 5.10 Å². The Kier molecular flexibility index (Phi) is 4.97. The predicted octanol–water partition coefficient (Wildman–Crippen LogP) is 5.06. The number of halogens is 1. The number of aromatic nitrogens is 2. The third-order valence-electron chi connectivity index (χ3n) is 4.42. The molecule has 0 aliphatic carbocycles. The van der Waals surface area contributed by atoms with Gasteiger partial charge in [0.2, 0.25) is 5.91 Å². The first kappa shape index (κ1) is 17.7. The maximum absolute atomic E-state index is 13.1. The summed E-state index contributed by atoms with van der Waals surface area (Å²) in [4.78, 5) is 12.7. The quantitative estimate of drug-likeness (QED) is 0.515. The minimum Gasteiger partial charge on any atom is -0.322 e. The third-order valence-corrected chi connectivity index (χ3v) is 4.42. The van der Waals surface area contributed by atoms with Gasteiger partial charge < -0.3 is 5.32 Å². The molecule has 0 saturated heterocycles. The average Bonchev–Trinajstić information content (AvgIpc) is 3.14. The summed E-state index contributed by atoms with van der Waals surface area (Å²) in [5.41, 5.74) is 4.61. The molecular formula is C23H18FN3O. The lowest BCUT2D eigenvalue weighted by molar-refractivity contribution is -0.115. The number of carbonyl (C=O) groups excluding carboxylic acids is 1. The molecule has 0 unspecified atom stereocenters. The van der Waals surface area contributed by atoms with E-state index < -0.39 is 0 Å². The summed E-state index contributed by atoms with van der Waals surface area (Å²) in [7, 11) is 0. The van der Waals surface area contributed by atoms with E-state index in [0.717, 1.165) is 22.4 Å². The standard InChI is InChI=1S/C23H18FN3O/c24-19-13-11-16(12-14-19)15-20(28)25-23-21(17-7-3-1-4-8-17)26-27-22(23)18-9-5-2-6-10-18/h1-14H,15H2,(H,25,28)(H,26,27). The minimum atomic E-state index is -0.322. The number of H-pyrrole nitrogens is 1. The van der Waals surface area contributed by atoms with Crippen LogP contribution < -0.4 is 5.32 Å². The molecule has 28 heavy (non-hydrogen) atoms. The predicted molar refractivity (Wildman–Crippen MR) is 108 cm³/mol. The van der Waals surface area contributed by atoms with Crippen LogP contribution in [0.25, 0.3) is 22.5 Å². The Morgan fingerprint density at radius 1 is 0.857 bits per heavy atom. The highest BCUT2D eigenvalue weighted by Gasteiger charge is 2.18. The minimum absolute atomic E-state index is 0.147. The number of nitrogens with one attached hydrogen (secondary N) is 2. The highest BCUT2D eigenvalue weighted by molar-refractivity contribution is 6.00. The fourth-order valence-corrected chi connectivity index (χ4v) is 3.05. The molecule has 4 aromatic rings. The number of carbonyl (C=O) groups is 1. The van der Waals surface area contributed by atoms with Gasteiger partial charge in [-0.15, -0.1) is 0 Å². The molecule has 0 aliphatic rings. The van der Waals surface area contributed by atoms with Crippen molar-refractivity contribution in [3.8, 4) is 22.5 Å². The van der Waals surface area contributed by atoms with Gasteiger partial charge in [0, 0.05) is 11.1 Å². The van der Waals surface area contributed by atoms with Crippen molar-refractivity contribution in [2.45, 2.75) is 6.42 Å². The molecule has 4 nitrogen and oxygen atoms in total. The molecule has 0 radical (unpaired) electrons. The number of anilines is 1. The molecule has 4 rings (SSSR count). The Labute approximate surface area is 162 Å². The highest BCUT2D eigenvalue weighted by atomic mass is 19.1. The number of benzene rings is 3. The zero-order chi connectivity index (χ0) is 19.3. The largest absolute Gasteiger partial charge is 0.322 e. The molecule has 2 N–H and O–H groups in total. The van der Waals surface area contributed by atoms with E-state index in [4.69, 9.17) is 0 Å². The van der Waals surface area contributed by atoms with E-state index in [9.17, 15) is 9.18 Å². The Bertz CT molecular complexity index is 1020. The van der Waals surface area contributed by atoms with Crippen molar-refractivity contribution in [3.63, 3.8) is 0 Å². The van der Waals surface area contributed by atoms with Gasteiger partial charge in [0.05, 0.1) is 17.8 Å². The SMILES string of the molecule is O=C(Cc1ccc(F)cc1)Nc1c(-c2ccccc2)n[nH]c1-c1ccccc1. The van der Waals surface area contributed by atoms with E-state index in [1.165, 1.54) is 12.1 Å². The van der Waals surface area contributed by atoms with E-state index in [1.54, 1.807) is 12.1 Å². The molecule has 0 bridgehead atoms. The van der Waals surface area contributed by atoms with Crippen LogP contribution in [0.15, 0.2) is 84.9 Å². The lowest BCUT2D eigenvalue weighted by Crippen LogP contribution is -2.15. The number of hydrogen-bond acceptors (Lipinski definition) is 2. The number of rotatable bonds is 5. The number of hydrogen-bond donors (Lipinski definition) is 2. The van der Waals surface area contributed by atoms with Gasteiger partial charge in [-0.25, -0.2) is 4.39 Å².